The molecule has 1 aliphatic carbocycles. The molecule has 0 bridgehead atoms. The highest BCUT2D eigenvalue weighted by atomic mass is 16.3. The van der Waals surface area contributed by atoms with Crippen molar-refractivity contribution in [1.82, 2.24) is 5.43 Å². The van der Waals surface area contributed by atoms with E-state index in [1.54, 1.807) is 0 Å². The Balaban J connectivity index is 2.84. The van der Waals surface area contributed by atoms with Crippen LogP contribution in [0.5, 0.6) is 0 Å². The lowest BCUT2D eigenvalue weighted by atomic mass is 10.1. The first kappa shape index (κ1) is 9.79. The zero-order valence-corrected chi connectivity index (χ0v) is 7.41. The van der Waals surface area contributed by atoms with Crippen LogP contribution in [0, 0.1) is 10.3 Å². The van der Waals surface area contributed by atoms with Gasteiger partial charge in [-0.1, -0.05) is 0 Å². The smallest absolute Gasteiger partial charge is 0.299 e. The molecule has 0 heterocycles. The van der Waals surface area contributed by atoms with Crippen molar-refractivity contribution in [3.8, 4) is 0 Å². The van der Waals surface area contributed by atoms with E-state index in [4.69, 9.17) is 5.84 Å². The normalized spacial score (nSPS) is 19.4. The lowest BCUT2D eigenvalue weighted by Crippen LogP contribution is -2.40. The number of nitroso groups, excluding NO2 is 1. The van der Waals surface area contributed by atoms with Gasteiger partial charge in [-0.3, -0.25) is 9.79 Å². The largest absolute Gasteiger partial charge is 0.311 e. The van der Waals surface area contributed by atoms with Crippen molar-refractivity contribution in [2.75, 3.05) is 6.54 Å². The van der Waals surface area contributed by atoms with E-state index in [-0.39, 0.29) is 0 Å². The van der Waals surface area contributed by atoms with E-state index >= 15 is 0 Å². The van der Waals surface area contributed by atoms with Crippen LogP contribution in [0.2, 0.25) is 0 Å². The van der Waals surface area contributed by atoms with Gasteiger partial charge in [-0.15, -0.1) is 4.91 Å². The predicted molar refractivity (Wildman–Crippen MR) is 47.8 cm³/mol. The number of hydrogen-bond donors (Lipinski definition) is 2. The molecule has 72 valence electrons. The molecule has 0 radical (unpaired) electrons. The van der Waals surface area contributed by atoms with Gasteiger partial charge in [-0.25, -0.2) is 5.84 Å². The second kappa shape index (κ2) is 3.61. The fourth-order valence-corrected chi connectivity index (χ4v) is 1.26. The SMILES string of the molecule is CCN=C(NN)C1(C(=O)N=O)CC1. The summed E-state index contributed by atoms with van der Waals surface area (Å²) < 4.78 is 0. The third-order valence-electron chi connectivity index (χ3n) is 2.15. The maximum absolute atomic E-state index is 11.1. The number of hydrazine groups is 1. The monoisotopic (exact) mass is 184 g/mol. The van der Waals surface area contributed by atoms with Crippen LogP contribution in [0.25, 0.3) is 0 Å². The molecule has 1 amide bonds. The minimum Gasteiger partial charge on any atom is -0.311 e. The van der Waals surface area contributed by atoms with Crippen molar-refractivity contribution in [2.24, 2.45) is 21.4 Å². The van der Waals surface area contributed by atoms with Crippen molar-refractivity contribution in [3.05, 3.63) is 4.91 Å². The third-order valence-corrected chi connectivity index (χ3v) is 2.15. The zero-order chi connectivity index (χ0) is 9.90. The summed E-state index contributed by atoms with van der Waals surface area (Å²) >= 11 is 0. The van der Waals surface area contributed by atoms with Gasteiger partial charge in [0.15, 0.2) is 0 Å². The molecular formula is C7H12N4O2. The van der Waals surface area contributed by atoms with Crippen molar-refractivity contribution in [2.45, 2.75) is 19.8 Å². The molecule has 1 fully saturated rings. The quantitative estimate of drug-likeness (QED) is 0.211. The number of nitrogens with one attached hydrogen (secondary N) is 1. The first-order valence-corrected chi connectivity index (χ1v) is 4.10. The number of amidine groups is 1. The van der Waals surface area contributed by atoms with Crippen LogP contribution < -0.4 is 11.3 Å². The van der Waals surface area contributed by atoms with E-state index < -0.39 is 11.3 Å². The average Bonchev–Trinajstić information content (AvgIpc) is 2.94. The van der Waals surface area contributed by atoms with Crippen molar-refractivity contribution in [1.29, 1.82) is 0 Å². The molecule has 13 heavy (non-hydrogen) atoms. The summed E-state index contributed by atoms with van der Waals surface area (Å²) in [6.45, 7) is 2.35. The minimum atomic E-state index is -0.827. The number of carbonyl (C=O) groups excluding carboxylic acids is 1. The van der Waals surface area contributed by atoms with Crippen molar-refractivity contribution in [3.63, 3.8) is 0 Å². The number of amides is 1. The molecule has 6 heteroatoms. The topological polar surface area (TPSA) is 96.9 Å². The van der Waals surface area contributed by atoms with Gasteiger partial charge in [0, 0.05) is 11.7 Å². The van der Waals surface area contributed by atoms with E-state index in [2.05, 4.69) is 15.6 Å². The predicted octanol–water partition coefficient (Wildman–Crippen LogP) is -0.0587. The summed E-state index contributed by atoms with van der Waals surface area (Å²) in [6, 6.07) is 0. The summed E-state index contributed by atoms with van der Waals surface area (Å²) in [5.74, 6) is 4.89. The van der Waals surface area contributed by atoms with E-state index in [0.29, 0.717) is 25.2 Å². The summed E-state index contributed by atoms with van der Waals surface area (Å²) in [5, 5.41) is 2.41. The van der Waals surface area contributed by atoms with Crippen LogP contribution in [0.15, 0.2) is 10.2 Å². The zero-order valence-electron chi connectivity index (χ0n) is 7.41. The molecular weight excluding hydrogens is 172 g/mol. The lowest BCUT2D eigenvalue weighted by Gasteiger charge is -2.11. The Morgan fingerprint density at radius 1 is 1.62 bits per heavy atom. The van der Waals surface area contributed by atoms with Gasteiger partial charge >= 0.3 is 0 Å². The summed E-state index contributed by atoms with van der Waals surface area (Å²) in [6.07, 6.45) is 1.20. The summed E-state index contributed by atoms with van der Waals surface area (Å²) in [4.78, 5) is 25.2. The van der Waals surface area contributed by atoms with Gasteiger partial charge in [-0.05, 0) is 19.8 Å². The highest BCUT2D eigenvalue weighted by molar-refractivity contribution is 6.10. The summed E-state index contributed by atoms with van der Waals surface area (Å²) in [7, 11) is 0. The molecule has 0 unspecified atom stereocenters. The molecule has 1 rings (SSSR count). The Labute approximate surface area is 75.5 Å². The minimum absolute atomic E-state index is 0.375. The number of carbonyl (C=O) groups is 1. The Kier molecular flexibility index (Phi) is 2.72. The molecule has 0 aromatic rings. The Hall–Kier alpha value is -1.30. The fraction of sp³-hybridized carbons (Fsp3) is 0.714. The third kappa shape index (κ3) is 1.57. The first-order valence-electron chi connectivity index (χ1n) is 4.10. The molecule has 0 spiro atoms. The second-order valence-electron chi connectivity index (χ2n) is 2.95. The number of rotatable bonds is 3. The Bertz CT molecular complexity index is 257. The molecule has 0 saturated heterocycles. The van der Waals surface area contributed by atoms with Gasteiger partial charge in [0.2, 0.25) is 0 Å². The molecule has 1 saturated carbocycles. The van der Waals surface area contributed by atoms with Crippen LogP contribution in [0.1, 0.15) is 19.8 Å². The summed E-state index contributed by atoms with van der Waals surface area (Å²) in [5.41, 5.74) is 1.52. The highest BCUT2D eigenvalue weighted by Gasteiger charge is 2.55. The fourth-order valence-electron chi connectivity index (χ4n) is 1.26. The molecule has 1 aliphatic rings. The van der Waals surface area contributed by atoms with Crippen LogP contribution in [0.3, 0.4) is 0 Å². The maximum Gasteiger partial charge on any atom is 0.299 e. The number of hydrogen-bond acceptors (Lipinski definition) is 4. The number of aliphatic imine (C=N–C) groups is 1. The van der Waals surface area contributed by atoms with E-state index in [1.165, 1.54) is 0 Å². The van der Waals surface area contributed by atoms with Crippen LogP contribution in [-0.4, -0.2) is 18.3 Å². The van der Waals surface area contributed by atoms with Gasteiger partial charge in [-0.2, -0.15) is 0 Å². The molecule has 0 atom stereocenters. The molecule has 0 aromatic carbocycles. The number of nitrogens with two attached hydrogens (primary N) is 1. The lowest BCUT2D eigenvalue weighted by molar-refractivity contribution is -0.120. The molecule has 6 nitrogen and oxygen atoms in total. The maximum atomic E-state index is 11.1. The van der Waals surface area contributed by atoms with Crippen LogP contribution in [0.4, 0.5) is 0 Å². The first-order chi connectivity index (χ1) is 6.21. The second-order valence-corrected chi connectivity index (χ2v) is 2.95. The van der Waals surface area contributed by atoms with Crippen molar-refractivity contribution < 1.29 is 4.79 Å². The standard InChI is InChI=1S/C7H12N4O2/c1-2-9-5(10-8)7(3-4-7)6(12)11-13/h2-4,8H2,1H3,(H,9,10). The van der Waals surface area contributed by atoms with Crippen LogP contribution >= 0.6 is 0 Å². The number of nitrogens with zero attached hydrogens (tertiary/aromatic N) is 2. The van der Waals surface area contributed by atoms with Gasteiger partial charge in [0.25, 0.3) is 5.91 Å². The molecule has 3 N–H and O–H groups in total. The van der Waals surface area contributed by atoms with Gasteiger partial charge < -0.3 is 5.43 Å². The Morgan fingerprint density at radius 3 is 2.54 bits per heavy atom. The van der Waals surface area contributed by atoms with E-state index in [1.807, 2.05) is 6.92 Å². The van der Waals surface area contributed by atoms with Gasteiger partial charge in [0.1, 0.15) is 11.3 Å². The van der Waals surface area contributed by atoms with Crippen molar-refractivity contribution >= 4 is 11.7 Å². The average molecular weight is 184 g/mol. The Morgan fingerprint density at radius 2 is 2.23 bits per heavy atom. The molecule has 0 aliphatic heterocycles. The highest BCUT2D eigenvalue weighted by Crippen LogP contribution is 2.47. The van der Waals surface area contributed by atoms with E-state index in [0.717, 1.165) is 0 Å². The van der Waals surface area contributed by atoms with Gasteiger partial charge in [0.05, 0.1) is 0 Å². The van der Waals surface area contributed by atoms with E-state index in [9.17, 15) is 9.70 Å². The molecule has 0 aromatic heterocycles. The van der Waals surface area contributed by atoms with Crippen LogP contribution in [-0.2, 0) is 4.79 Å².